The first-order valence-corrected chi connectivity index (χ1v) is 11.9. The largest absolute Gasteiger partial charge is 0.370 e. The second-order valence-corrected chi connectivity index (χ2v) is 9.69. The number of fused-ring (bicyclic) bond motifs is 1. The molecule has 4 heterocycles. The fourth-order valence-electron chi connectivity index (χ4n) is 5.91. The summed E-state index contributed by atoms with van der Waals surface area (Å²) < 4.78 is 0. The van der Waals surface area contributed by atoms with E-state index in [1.165, 1.54) is 4.90 Å². The molecule has 4 aliphatic heterocycles. The molecule has 2 aromatic carbocycles. The van der Waals surface area contributed by atoms with Crippen LogP contribution in [0, 0.1) is 0 Å². The van der Waals surface area contributed by atoms with Gasteiger partial charge >= 0.3 is 0 Å². The van der Waals surface area contributed by atoms with Crippen LogP contribution in [0.3, 0.4) is 0 Å². The zero-order valence-electron chi connectivity index (χ0n) is 19.7. The predicted molar refractivity (Wildman–Crippen MR) is 132 cm³/mol. The molecule has 2 saturated heterocycles. The second kappa shape index (κ2) is 7.88. The zero-order valence-corrected chi connectivity index (χ0v) is 19.7. The van der Waals surface area contributed by atoms with E-state index < -0.39 is 35.5 Å². The first kappa shape index (κ1) is 23.2. The molecule has 0 aromatic heterocycles. The molecule has 6 rings (SSSR count). The van der Waals surface area contributed by atoms with Crippen molar-refractivity contribution < 1.29 is 24.6 Å². The van der Waals surface area contributed by atoms with Crippen molar-refractivity contribution in [3.05, 3.63) is 48.0 Å². The number of imide groups is 1. The van der Waals surface area contributed by atoms with Crippen LogP contribution in [-0.4, -0.2) is 92.3 Å². The maximum atomic E-state index is 13.3. The molecule has 37 heavy (non-hydrogen) atoms. The van der Waals surface area contributed by atoms with E-state index in [2.05, 4.69) is 20.6 Å². The molecule has 13 heteroatoms. The van der Waals surface area contributed by atoms with Crippen molar-refractivity contribution in [3.63, 3.8) is 0 Å². The van der Waals surface area contributed by atoms with Crippen LogP contribution < -0.4 is 22.1 Å². The molecule has 2 fully saturated rings. The molecule has 0 aliphatic carbocycles. The van der Waals surface area contributed by atoms with E-state index in [0.717, 1.165) is 10.3 Å². The highest BCUT2D eigenvalue weighted by Crippen LogP contribution is 2.45. The molecular weight excluding hydrogens is 480 g/mol. The average Bonchev–Trinajstić information content (AvgIpc) is 3.46. The van der Waals surface area contributed by atoms with Crippen molar-refractivity contribution in [2.75, 3.05) is 13.1 Å². The SMILES string of the molecule is NC1=N[C@H]2[C@H](CN3C(=O)CCC3=O)N=C(N)N3C[C@H](NC(=O)c4cccc5ccccc45)C(O)(O)[C@]23N1. The fourth-order valence-corrected chi connectivity index (χ4v) is 5.91. The van der Waals surface area contributed by atoms with Gasteiger partial charge in [-0.15, -0.1) is 0 Å². The van der Waals surface area contributed by atoms with Gasteiger partial charge in [0, 0.05) is 24.9 Å². The van der Waals surface area contributed by atoms with E-state index in [9.17, 15) is 24.6 Å². The summed E-state index contributed by atoms with van der Waals surface area (Å²) in [6.07, 6.45) is 0.200. The summed E-state index contributed by atoms with van der Waals surface area (Å²) in [5.41, 5.74) is 10.9. The molecule has 0 saturated carbocycles. The third-order valence-corrected chi connectivity index (χ3v) is 7.67. The van der Waals surface area contributed by atoms with Gasteiger partial charge in [-0.05, 0) is 16.8 Å². The average molecular weight is 507 g/mol. The number of aliphatic imine (C=N–C) groups is 2. The third kappa shape index (κ3) is 3.20. The van der Waals surface area contributed by atoms with Crippen LogP contribution in [0.25, 0.3) is 10.8 Å². The molecular formula is C24H26N8O5. The highest BCUT2D eigenvalue weighted by molar-refractivity contribution is 6.07. The molecule has 0 bridgehead atoms. The Morgan fingerprint density at radius 3 is 2.54 bits per heavy atom. The van der Waals surface area contributed by atoms with Crippen LogP contribution in [0.5, 0.6) is 0 Å². The van der Waals surface area contributed by atoms with Crippen molar-refractivity contribution in [1.82, 2.24) is 20.4 Å². The summed E-state index contributed by atoms with van der Waals surface area (Å²) in [7, 11) is 0. The number of hydrogen-bond donors (Lipinski definition) is 6. The topological polar surface area (TPSA) is 199 Å². The van der Waals surface area contributed by atoms with E-state index >= 15 is 0 Å². The first-order chi connectivity index (χ1) is 17.6. The number of nitrogens with one attached hydrogen (secondary N) is 2. The van der Waals surface area contributed by atoms with E-state index in [1.54, 1.807) is 12.1 Å². The number of guanidine groups is 2. The van der Waals surface area contributed by atoms with Gasteiger partial charge in [-0.2, -0.15) is 0 Å². The highest BCUT2D eigenvalue weighted by Gasteiger charge is 2.73. The van der Waals surface area contributed by atoms with Crippen LogP contribution in [0.4, 0.5) is 0 Å². The molecule has 4 aliphatic rings. The second-order valence-electron chi connectivity index (χ2n) is 9.69. The summed E-state index contributed by atoms with van der Waals surface area (Å²) in [6.45, 7) is -0.250. The Morgan fingerprint density at radius 2 is 1.78 bits per heavy atom. The van der Waals surface area contributed by atoms with Gasteiger partial charge in [0.25, 0.3) is 5.91 Å². The molecule has 0 radical (unpaired) electrons. The van der Waals surface area contributed by atoms with Crippen LogP contribution in [0.2, 0.25) is 0 Å². The van der Waals surface area contributed by atoms with Gasteiger partial charge in [0.2, 0.25) is 17.6 Å². The van der Waals surface area contributed by atoms with Gasteiger partial charge in [0.15, 0.2) is 17.6 Å². The van der Waals surface area contributed by atoms with E-state index in [0.29, 0.717) is 10.9 Å². The Labute approximate surface area is 210 Å². The van der Waals surface area contributed by atoms with Gasteiger partial charge in [0.1, 0.15) is 12.1 Å². The Balaban J connectivity index is 1.33. The fraction of sp³-hybridized carbons (Fsp3) is 0.375. The maximum absolute atomic E-state index is 13.3. The van der Waals surface area contributed by atoms with Gasteiger partial charge in [0.05, 0.1) is 12.6 Å². The lowest BCUT2D eigenvalue weighted by Crippen LogP contribution is -2.78. The molecule has 0 unspecified atom stereocenters. The monoisotopic (exact) mass is 506 g/mol. The number of nitrogens with zero attached hydrogens (tertiary/aromatic N) is 4. The van der Waals surface area contributed by atoms with Crippen molar-refractivity contribution >= 4 is 40.4 Å². The maximum Gasteiger partial charge on any atom is 0.252 e. The van der Waals surface area contributed by atoms with Crippen molar-refractivity contribution in [2.45, 2.75) is 42.4 Å². The summed E-state index contributed by atoms with van der Waals surface area (Å²) in [5, 5.41) is 30.3. The third-order valence-electron chi connectivity index (χ3n) is 7.67. The molecule has 3 amide bonds. The first-order valence-electron chi connectivity index (χ1n) is 11.9. The normalized spacial score (nSPS) is 30.1. The molecule has 192 valence electrons. The number of aliphatic hydroxyl groups is 2. The lowest BCUT2D eigenvalue weighted by Gasteiger charge is -2.49. The Morgan fingerprint density at radius 1 is 1.08 bits per heavy atom. The Kier molecular flexibility index (Phi) is 4.94. The number of likely N-dealkylation sites (tertiary alicyclic amines) is 1. The molecule has 8 N–H and O–H groups in total. The molecule has 13 nitrogen and oxygen atoms in total. The van der Waals surface area contributed by atoms with Gasteiger partial charge < -0.3 is 37.2 Å². The van der Waals surface area contributed by atoms with Gasteiger partial charge in [-0.3, -0.25) is 19.3 Å². The predicted octanol–water partition coefficient (Wildman–Crippen LogP) is -2.24. The number of nitrogens with two attached hydrogens (primary N) is 2. The zero-order chi connectivity index (χ0) is 26.1. The van der Waals surface area contributed by atoms with Crippen molar-refractivity contribution in [2.24, 2.45) is 21.5 Å². The number of rotatable bonds is 4. The van der Waals surface area contributed by atoms with Crippen LogP contribution in [-0.2, 0) is 9.59 Å². The Hall–Kier alpha value is -4.23. The summed E-state index contributed by atoms with van der Waals surface area (Å²) in [6, 6.07) is 9.52. The lowest BCUT2D eigenvalue weighted by molar-refractivity contribution is -0.230. The quantitative estimate of drug-likeness (QED) is 0.196. The minimum atomic E-state index is -2.62. The van der Waals surface area contributed by atoms with Crippen LogP contribution >= 0.6 is 0 Å². The van der Waals surface area contributed by atoms with E-state index in [1.807, 2.05) is 30.3 Å². The highest BCUT2D eigenvalue weighted by atomic mass is 16.5. The minimum absolute atomic E-state index is 0.0628. The summed E-state index contributed by atoms with van der Waals surface area (Å²) in [4.78, 5) is 49.1. The summed E-state index contributed by atoms with van der Waals surface area (Å²) in [5.74, 6) is -3.97. The number of hydrogen-bond acceptors (Lipinski definition) is 11. The van der Waals surface area contributed by atoms with Crippen molar-refractivity contribution in [1.29, 1.82) is 0 Å². The van der Waals surface area contributed by atoms with E-state index in [4.69, 9.17) is 11.5 Å². The van der Waals surface area contributed by atoms with E-state index in [-0.39, 0.29) is 49.7 Å². The van der Waals surface area contributed by atoms with Crippen LogP contribution in [0.15, 0.2) is 52.4 Å². The lowest BCUT2D eigenvalue weighted by atomic mass is 9.84. The number of carbonyl (C=O) groups is 3. The van der Waals surface area contributed by atoms with Crippen LogP contribution in [0.1, 0.15) is 23.2 Å². The minimum Gasteiger partial charge on any atom is -0.370 e. The Bertz CT molecular complexity index is 1390. The van der Waals surface area contributed by atoms with Gasteiger partial charge in [-0.25, -0.2) is 9.98 Å². The van der Waals surface area contributed by atoms with Gasteiger partial charge in [-0.1, -0.05) is 36.4 Å². The standard InChI is InChI=1S/C24H26N8O5/c25-21-29-19-15(10-31-17(33)8-9-18(31)34)27-22(26)32-11-16(24(36,37)23(19,32)30-21)28-20(35)14-7-3-5-12-4-1-2-6-13(12)14/h1-7,15-16,19,36-37H,8-11H2,(H2,26,27)(H,28,35)(H3,25,29,30)/t15-,16-,19-,23-/m0/s1. The molecule has 1 spiro atoms. The number of amides is 3. The summed E-state index contributed by atoms with van der Waals surface area (Å²) >= 11 is 0. The van der Waals surface area contributed by atoms with Crippen molar-refractivity contribution in [3.8, 4) is 0 Å². The number of carbonyl (C=O) groups excluding carboxylic acids is 3. The molecule has 2 aromatic rings. The smallest absolute Gasteiger partial charge is 0.252 e. The molecule has 4 atom stereocenters. The number of benzene rings is 2.